The Hall–Kier alpha value is -2.07. The SMILES string of the molecule is CSc1ccc(-c2onc(C)c2-c2ccc(F)cc2)cc1. The number of hydrogen-bond acceptors (Lipinski definition) is 3. The van der Waals surface area contributed by atoms with Crippen molar-refractivity contribution in [1.82, 2.24) is 5.16 Å². The molecule has 0 bridgehead atoms. The van der Waals surface area contributed by atoms with Crippen molar-refractivity contribution in [3.8, 4) is 22.5 Å². The van der Waals surface area contributed by atoms with Crippen molar-refractivity contribution in [1.29, 1.82) is 0 Å². The van der Waals surface area contributed by atoms with E-state index in [0.29, 0.717) is 5.76 Å². The van der Waals surface area contributed by atoms with Crippen LogP contribution in [0.15, 0.2) is 57.9 Å². The van der Waals surface area contributed by atoms with Crippen LogP contribution in [0, 0.1) is 12.7 Å². The van der Waals surface area contributed by atoms with Gasteiger partial charge in [0.1, 0.15) is 5.82 Å². The minimum atomic E-state index is -0.251. The lowest BCUT2D eigenvalue weighted by atomic mass is 10.00. The minimum absolute atomic E-state index is 0.251. The number of benzene rings is 2. The van der Waals surface area contributed by atoms with E-state index in [1.165, 1.54) is 17.0 Å². The van der Waals surface area contributed by atoms with Crippen molar-refractivity contribution >= 4 is 11.8 Å². The van der Waals surface area contributed by atoms with Crippen LogP contribution in [0.1, 0.15) is 5.69 Å². The molecule has 0 unspecified atom stereocenters. The van der Waals surface area contributed by atoms with Gasteiger partial charge >= 0.3 is 0 Å². The van der Waals surface area contributed by atoms with Gasteiger partial charge in [0.2, 0.25) is 0 Å². The summed E-state index contributed by atoms with van der Waals surface area (Å²) in [4.78, 5) is 1.19. The van der Waals surface area contributed by atoms with Crippen LogP contribution in [0.25, 0.3) is 22.5 Å². The molecule has 0 radical (unpaired) electrons. The van der Waals surface area contributed by atoms with Crippen LogP contribution in [0.2, 0.25) is 0 Å². The van der Waals surface area contributed by atoms with E-state index in [9.17, 15) is 4.39 Å². The van der Waals surface area contributed by atoms with E-state index in [4.69, 9.17) is 4.52 Å². The highest BCUT2D eigenvalue weighted by Crippen LogP contribution is 2.35. The van der Waals surface area contributed by atoms with Crippen molar-refractivity contribution in [2.75, 3.05) is 6.26 Å². The third-order valence-electron chi connectivity index (χ3n) is 3.35. The van der Waals surface area contributed by atoms with Crippen LogP contribution in [-0.2, 0) is 0 Å². The number of aromatic nitrogens is 1. The van der Waals surface area contributed by atoms with Crippen molar-refractivity contribution < 1.29 is 8.91 Å². The van der Waals surface area contributed by atoms with Crippen LogP contribution in [0.4, 0.5) is 4.39 Å². The molecule has 0 N–H and O–H groups in total. The van der Waals surface area contributed by atoms with Gasteiger partial charge in [0, 0.05) is 10.5 Å². The Morgan fingerprint density at radius 1 is 0.952 bits per heavy atom. The van der Waals surface area contributed by atoms with Gasteiger partial charge in [-0.15, -0.1) is 11.8 Å². The van der Waals surface area contributed by atoms with E-state index in [1.54, 1.807) is 23.9 Å². The van der Waals surface area contributed by atoms with Gasteiger partial charge in [-0.25, -0.2) is 4.39 Å². The first-order chi connectivity index (χ1) is 10.2. The molecule has 0 amide bonds. The molecular weight excluding hydrogens is 285 g/mol. The zero-order chi connectivity index (χ0) is 14.8. The summed E-state index contributed by atoms with van der Waals surface area (Å²) in [5.74, 6) is 0.463. The van der Waals surface area contributed by atoms with E-state index in [-0.39, 0.29) is 5.82 Å². The lowest BCUT2D eigenvalue weighted by molar-refractivity contribution is 0.427. The normalized spacial score (nSPS) is 10.8. The molecule has 4 heteroatoms. The largest absolute Gasteiger partial charge is 0.355 e. The van der Waals surface area contributed by atoms with Gasteiger partial charge in [0.25, 0.3) is 0 Å². The molecule has 2 aromatic carbocycles. The summed E-state index contributed by atoms with van der Waals surface area (Å²) in [6.07, 6.45) is 2.04. The lowest BCUT2D eigenvalue weighted by Gasteiger charge is -2.04. The van der Waals surface area contributed by atoms with Gasteiger partial charge in [0.05, 0.1) is 11.3 Å². The van der Waals surface area contributed by atoms with E-state index in [1.807, 2.05) is 37.4 Å². The molecule has 21 heavy (non-hydrogen) atoms. The summed E-state index contributed by atoms with van der Waals surface area (Å²) in [5.41, 5.74) is 3.57. The van der Waals surface area contributed by atoms with Gasteiger partial charge in [-0.05, 0) is 55.1 Å². The van der Waals surface area contributed by atoms with Crippen LogP contribution in [-0.4, -0.2) is 11.4 Å². The molecule has 3 rings (SSSR count). The van der Waals surface area contributed by atoms with E-state index >= 15 is 0 Å². The quantitative estimate of drug-likeness (QED) is 0.623. The summed E-state index contributed by atoms with van der Waals surface area (Å²) < 4.78 is 18.6. The van der Waals surface area contributed by atoms with E-state index in [2.05, 4.69) is 5.16 Å². The number of hydrogen-bond donors (Lipinski definition) is 0. The number of thioether (sulfide) groups is 1. The Labute approximate surface area is 127 Å². The maximum absolute atomic E-state index is 13.1. The Morgan fingerprint density at radius 3 is 2.19 bits per heavy atom. The molecule has 0 atom stereocenters. The number of halogens is 1. The first-order valence-corrected chi connectivity index (χ1v) is 7.78. The molecule has 0 fully saturated rings. The first-order valence-electron chi connectivity index (χ1n) is 6.55. The van der Waals surface area contributed by atoms with Crippen molar-refractivity contribution in [3.63, 3.8) is 0 Å². The summed E-state index contributed by atoms with van der Waals surface area (Å²) in [6, 6.07) is 14.5. The molecule has 0 saturated heterocycles. The molecule has 0 spiro atoms. The van der Waals surface area contributed by atoms with Crippen LogP contribution < -0.4 is 0 Å². The molecule has 0 aliphatic rings. The molecule has 0 aliphatic carbocycles. The predicted octanol–water partition coefficient (Wildman–Crippen LogP) is 5.18. The summed E-state index contributed by atoms with van der Waals surface area (Å²) >= 11 is 1.69. The monoisotopic (exact) mass is 299 g/mol. The minimum Gasteiger partial charge on any atom is -0.355 e. The molecule has 2 nitrogen and oxygen atoms in total. The number of rotatable bonds is 3. The first kappa shape index (κ1) is 13.9. The Balaban J connectivity index is 2.09. The van der Waals surface area contributed by atoms with Crippen molar-refractivity contribution in [2.24, 2.45) is 0 Å². The van der Waals surface area contributed by atoms with Gasteiger partial charge in [-0.2, -0.15) is 0 Å². The zero-order valence-corrected chi connectivity index (χ0v) is 12.6. The third-order valence-corrected chi connectivity index (χ3v) is 4.09. The molecule has 1 aromatic heterocycles. The fourth-order valence-electron chi connectivity index (χ4n) is 2.27. The summed E-state index contributed by atoms with van der Waals surface area (Å²) in [7, 11) is 0. The predicted molar refractivity (Wildman–Crippen MR) is 83.9 cm³/mol. The third kappa shape index (κ3) is 2.72. The number of nitrogens with zero attached hydrogens (tertiary/aromatic N) is 1. The number of aryl methyl sites for hydroxylation is 1. The summed E-state index contributed by atoms with van der Waals surface area (Å²) in [6.45, 7) is 1.89. The van der Waals surface area contributed by atoms with Crippen molar-refractivity contribution in [2.45, 2.75) is 11.8 Å². The van der Waals surface area contributed by atoms with Gasteiger partial charge < -0.3 is 4.52 Å². The topological polar surface area (TPSA) is 26.0 Å². The molecule has 106 valence electrons. The van der Waals surface area contributed by atoms with E-state index < -0.39 is 0 Å². The fraction of sp³-hybridized carbons (Fsp3) is 0.118. The maximum Gasteiger partial charge on any atom is 0.174 e. The highest BCUT2D eigenvalue weighted by molar-refractivity contribution is 7.98. The van der Waals surface area contributed by atoms with Gasteiger partial charge in [-0.1, -0.05) is 17.3 Å². The van der Waals surface area contributed by atoms with Gasteiger partial charge in [0.15, 0.2) is 5.76 Å². The standard InChI is InChI=1S/C17H14FNOS/c1-11-16(12-3-7-14(18)8-4-12)17(20-19-11)13-5-9-15(21-2)10-6-13/h3-10H,1-2H3. The van der Waals surface area contributed by atoms with Crippen molar-refractivity contribution in [3.05, 3.63) is 60.0 Å². The Bertz CT molecular complexity index is 747. The average molecular weight is 299 g/mol. The molecular formula is C17H14FNOS. The molecule has 0 aliphatic heterocycles. The molecule has 1 heterocycles. The zero-order valence-electron chi connectivity index (χ0n) is 11.8. The average Bonchev–Trinajstić information content (AvgIpc) is 2.90. The second kappa shape index (κ2) is 5.74. The smallest absolute Gasteiger partial charge is 0.174 e. The Kier molecular flexibility index (Phi) is 3.80. The highest BCUT2D eigenvalue weighted by atomic mass is 32.2. The van der Waals surface area contributed by atoms with Crippen LogP contribution in [0.5, 0.6) is 0 Å². The second-order valence-electron chi connectivity index (χ2n) is 4.71. The molecule has 0 saturated carbocycles. The summed E-state index contributed by atoms with van der Waals surface area (Å²) in [5, 5.41) is 4.06. The second-order valence-corrected chi connectivity index (χ2v) is 5.59. The van der Waals surface area contributed by atoms with Gasteiger partial charge in [-0.3, -0.25) is 0 Å². The van der Waals surface area contributed by atoms with Crippen LogP contribution in [0.3, 0.4) is 0 Å². The van der Waals surface area contributed by atoms with E-state index in [0.717, 1.165) is 22.4 Å². The highest BCUT2D eigenvalue weighted by Gasteiger charge is 2.16. The Morgan fingerprint density at radius 2 is 1.57 bits per heavy atom. The lowest BCUT2D eigenvalue weighted by Crippen LogP contribution is -1.84. The fourth-order valence-corrected chi connectivity index (χ4v) is 2.67. The van der Waals surface area contributed by atoms with Crippen LogP contribution >= 0.6 is 11.8 Å². The molecule has 3 aromatic rings. The maximum atomic E-state index is 13.1.